The average molecular weight is 271 g/mol. The Morgan fingerprint density at radius 2 is 2.33 bits per heavy atom. The van der Waals surface area contributed by atoms with Crippen LogP contribution in [0.2, 0.25) is 0 Å². The van der Waals surface area contributed by atoms with Crippen molar-refractivity contribution in [3.63, 3.8) is 0 Å². The van der Waals surface area contributed by atoms with Crippen LogP contribution in [0.1, 0.15) is 18.7 Å². The minimum Gasteiger partial charge on any atom is -0.383 e. The number of methoxy groups -OCH3 is 1. The van der Waals surface area contributed by atoms with Crippen LogP contribution in [0.4, 0.5) is 0 Å². The van der Waals surface area contributed by atoms with Crippen LogP contribution in [0.25, 0.3) is 0 Å². The summed E-state index contributed by atoms with van der Waals surface area (Å²) >= 11 is 1.68. The van der Waals surface area contributed by atoms with Crippen LogP contribution >= 0.6 is 11.3 Å². The predicted molar refractivity (Wildman–Crippen MR) is 73.0 cm³/mol. The molecule has 0 aromatic carbocycles. The normalized spacial score (nSPS) is 13.0. The first kappa shape index (κ1) is 15.1. The highest BCUT2D eigenvalue weighted by Gasteiger charge is 2.27. The summed E-state index contributed by atoms with van der Waals surface area (Å²) in [6, 6.07) is 3.92. The summed E-state index contributed by atoms with van der Waals surface area (Å²) in [5.41, 5.74) is 2.21. The molecule has 5 nitrogen and oxygen atoms in total. The number of nitrogens with two attached hydrogens (primary N) is 1. The van der Waals surface area contributed by atoms with Gasteiger partial charge in [-0.2, -0.15) is 0 Å². The van der Waals surface area contributed by atoms with Crippen LogP contribution in [-0.4, -0.2) is 36.6 Å². The van der Waals surface area contributed by atoms with Crippen LogP contribution in [-0.2, 0) is 16.1 Å². The molecule has 0 bridgehead atoms. The molecule has 18 heavy (non-hydrogen) atoms. The smallest absolute Gasteiger partial charge is 0.253 e. The number of carbonyl (C=O) groups excluding carboxylic acids is 1. The first-order valence-corrected chi connectivity index (χ1v) is 6.75. The number of thiophene rings is 1. The van der Waals surface area contributed by atoms with Crippen molar-refractivity contribution in [1.29, 1.82) is 0 Å². The molecule has 1 heterocycles. The van der Waals surface area contributed by atoms with E-state index in [1.54, 1.807) is 18.4 Å². The Morgan fingerprint density at radius 1 is 1.61 bits per heavy atom. The fraction of sp³-hybridized carbons (Fsp3) is 0.583. The van der Waals surface area contributed by atoms with Gasteiger partial charge in [0.15, 0.2) is 0 Å². The lowest BCUT2D eigenvalue weighted by atomic mass is 10.2. The van der Waals surface area contributed by atoms with Crippen LogP contribution in [0.3, 0.4) is 0 Å². The van der Waals surface area contributed by atoms with Crippen LogP contribution in [0, 0.1) is 0 Å². The lowest BCUT2D eigenvalue weighted by Crippen LogP contribution is -2.53. The summed E-state index contributed by atoms with van der Waals surface area (Å²) in [5.74, 6) is 5.02. The molecule has 0 saturated carbocycles. The number of amides is 1. The number of hydrazine groups is 1. The molecule has 0 aliphatic carbocycles. The standard InChI is InChI=1S/C12H21N3O2S/c1-9(2)15(7-10-5-4-6-18-10)11(8-17-3)12(16)14-13/h4-6,9,11H,7-8,13H2,1-3H3,(H,14,16). The molecule has 1 aromatic rings. The number of hydrogen-bond acceptors (Lipinski definition) is 5. The SMILES string of the molecule is COCC(C(=O)NN)N(Cc1cccs1)C(C)C. The number of rotatable bonds is 7. The zero-order chi connectivity index (χ0) is 13.5. The van der Waals surface area contributed by atoms with Crippen molar-refractivity contribution in [2.24, 2.45) is 5.84 Å². The molecule has 102 valence electrons. The molecule has 0 aliphatic heterocycles. The zero-order valence-electron chi connectivity index (χ0n) is 11.1. The number of hydrogen-bond donors (Lipinski definition) is 2. The first-order valence-electron chi connectivity index (χ1n) is 5.87. The molecule has 1 unspecified atom stereocenters. The summed E-state index contributed by atoms with van der Waals surface area (Å²) < 4.78 is 5.12. The Kier molecular flexibility index (Phi) is 6.28. The van der Waals surface area contributed by atoms with Gasteiger partial charge in [-0.3, -0.25) is 15.1 Å². The van der Waals surface area contributed by atoms with Crippen molar-refractivity contribution in [3.05, 3.63) is 22.4 Å². The fourth-order valence-corrected chi connectivity index (χ4v) is 2.52. The molecule has 3 N–H and O–H groups in total. The van der Waals surface area contributed by atoms with Crippen molar-refractivity contribution in [3.8, 4) is 0 Å². The number of carbonyl (C=O) groups is 1. The van der Waals surface area contributed by atoms with Crippen molar-refractivity contribution in [2.75, 3.05) is 13.7 Å². The molecule has 0 saturated heterocycles. The molecule has 0 radical (unpaired) electrons. The van der Waals surface area contributed by atoms with E-state index in [1.165, 1.54) is 4.88 Å². The molecule has 1 amide bonds. The minimum absolute atomic E-state index is 0.220. The molecule has 6 heteroatoms. The maximum Gasteiger partial charge on any atom is 0.253 e. The lowest BCUT2D eigenvalue weighted by Gasteiger charge is -2.32. The van der Waals surface area contributed by atoms with Crippen molar-refractivity contribution >= 4 is 17.2 Å². The Hall–Kier alpha value is -0.950. The van der Waals surface area contributed by atoms with E-state index >= 15 is 0 Å². The largest absolute Gasteiger partial charge is 0.383 e. The Morgan fingerprint density at radius 3 is 2.78 bits per heavy atom. The van der Waals surface area contributed by atoms with E-state index in [4.69, 9.17) is 10.6 Å². The van der Waals surface area contributed by atoms with E-state index in [0.29, 0.717) is 6.61 Å². The van der Waals surface area contributed by atoms with E-state index < -0.39 is 0 Å². The van der Waals surface area contributed by atoms with Gasteiger partial charge >= 0.3 is 0 Å². The van der Waals surface area contributed by atoms with Gasteiger partial charge in [-0.1, -0.05) is 6.07 Å². The zero-order valence-corrected chi connectivity index (χ0v) is 11.9. The molecular weight excluding hydrogens is 250 g/mol. The van der Waals surface area contributed by atoms with Gasteiger partial charge in [-0.25, -0.2) is 5.84 Å². The van der Waals surface area contributed by atoms with E-state index in [2.05, 4.69) is 30.2 Å². The number of nitrogens with zero attached hydrogens (tertiary/aromatic N) is 1. The minimum atomic E-state index is -0.373. The Balaban J connectivity index is 2.82. The second-order valence-electron chi connectivity index (χ2n) is 4.33. The van der Waals surface area contributed by atoms with Gasteiger partial charge in [0.2, 0.25) is 0 Å². The highest BCUT2D eigenvalue weighted by molar-refractivity contribution is 7.09. The fourth-order valence-electron chi connectivity index (χ4n) is 1.81. The Bertz CT molecular complexity index is 354. The van der Waals surface area contributed by atoms with Crippen molar-refractivity contribution in [2.45, 2.75) is 32.5 Å². The first-order chi connectivity index (χ1) is 8.60. The summed E-state index contributed by atoms with van der Waals surface area (Å²) in [6.07, 6.45) is 0. The third-order valence-corrected chi connectivity index (χ3v) is 3.61. The van der Waals surface area contributed by atoms with Crippen LogP contribution < -0.4 is 11.3 Å². The van der Waals surface area contributed by atoms with Gasteiger partial charge in [-0.05, 0) is 25.3 Å². The monoisotopic (exact) mass is 271 g/mol. The van der Waals surface area contributed by atoms with E-state index in [0.717, 1.165) is 6.54 Å². The topological polar surface area (TPSA) is 67.6 Å². The van der Waals surface area contributed by atoms with E-state index in [1.807, 2.05) is 11.4 Å². The second-order valence-corrected chi connectivity index (χ2v) is 5.36. The lowest BCUT2D eigenvalue weighted by molar-refractivity contribution is -0.129. The van der Waals surface area contributed by atoms with Gasteiger partial charge in [0, 0.05) is 24.6 Å². The van der Waals surface area contributed by atoms with Crippen molar-refractivity contribution < 1.29 is 9.53 Å². The molecule has 1 atom stereocenters. The highest BCUT2D eigenvalue weighted by Crippen LogP contribution is 2.16. The van der Waals surface area contributed by atoms with E-state index in [9.17, 15) is 4.79 Å². The molecule has 0 spiro atoms. The average Bonchev–Trinajstić information content (AvgIpc) is 2.85. The molecule has 0 aliphatic rings. The summed E-state index contributed by atoms with van der Waals surface area (Å²) in [4.78, 5) is 15.1. The number of nitrogens with one attached hydrogen (secondary N) is 1. The molecular formula is C12H21N3O2S. The maximum atomic E-state index is 11.8. The molecule has 1 aromatic heterocycles. The number of ether oxygens (including phenoxy) is 1. The molecule has 0 fully saturated rings. The van der Waals surface area contributed by atoms with Gasteiger partial charge in [-0.15, -0.1) is 11.3 Å². The third-order valence-electron chi connectivity index (χ3n) is 2.75. The van der Waals surface area contributed by atoms with Crippen molar-refractivity contribution in [1.82, 2.24) is 10.3 Å². The third kappa shape index (κ3) is 4.06. The van der Waals surface area contributed by atoms with Gasteiger partial charge in [0.1, 0.15) is 6.04 Å². The van der Waals surface area contributed by atoms with Gasteiger partial charge in [0.05, 0.1) is 6.61 Å². The summed E-state index contributed by atoms with van der Waals surface area (Å²) in [6.45, 7) is 5.16. The summed E-state index contributed by atoms with van der Waals surface area (Å²) in [7, 11) is 1.58. The van der Waals surface area contributed by atoms with E-state index in [-0.39, 0.29) is 18.0 Å². The van der Waals surface area contributed by atoms with Crippen LogP contribution in [0.5, 0.6) is 0 Å². The van der Waals surface area contributed by atoms with Gasteiger partial charge < -0.3 is 4.74 Å². The second kappa shape index (κ2) is 7.48. The maximum absolute atomic E-state index is 11.8. The Labute approximate surface area is 112 Å². The van der Waals surface area contributed by atoms with Gasteiger partial charge in [0.25, 0.3) is 5.91 Å². The summed E-state index contributed by atoms with van der Waals surface area (Å²) in [5, 5.41) is 2.03. The quantitative estimate of drug-likeness (QED) is 0.440. The van der Waals surface area contributed by atoms with Crippen LogP contribution in [0.15, 0.2) is 17.5 Å². The predicted octanol–water partition coefficient (Wildman–Crippen LogP) is 0.963. The highest BCUT2D eigenvalue weighted by atomic mass is 32.1. The molecule has 1 rings (SSSR count).